The summed E-state index contributed by atoms with van der Waals surface area (Å²) < 4.78 is 0.982. The van der Waals surface area contributed by atoms with Gasteiger partial charge in [-0.15, -0.1) is 0 Å². The number of hydrogen-bond donors (Lipinski definition) is 2. The van der Waals surface area contributed by atoms with Gasteiger partial charge in [0, 0.05) is 16.2 Å². The molecule has 4 heteroatoms. The summed E-state index contributed by atoms with van der Waals surface area (Å²) in [4.78, 5) is 10.8. The highest BCUT2D eigenvalue weighted by molar-refractivity contribution is 9.10. The van der Waals surface area contributed by atoms with Crippen molar-refractivity contribution in [3.05, 3.63) is 28.2 Å². The van der Waals surface area contributed by atoms with Gasteiger partial charge >= 0.3 is 5.97 Å². The Morgan fingerprint density at radius 2 is 2.06 bits per heavy atom. The number of carbonyl (C=O) groups is 1. The Kier molecular flexibility index (Phi) is 4.35. The molecular formula is C12H16BrNO2. The third-order valence-corrected chi connectivity index (χ3v) is 3.22. The predicted molar refractivity (Wildman–Crippen MR) is 68.8 cm³/mol. The smallest absolute Gasteiger partial charge is 0.308 e. The van der Waals surface area contributed by atoms with E-state index in [0.717, 1.165) is 15.7 Å². The number of rotatable bonds is 4. The van der Waals surface area contributed by atoms with Crippen molar-refractivity contribution in [3.8, 4) is 0 Å². The van der Waals surface area contributed by atoms with E-state index in [-0.39, 0.29) is 6.04 Å². The van der Waals surface area contributed by atoms with E-state index >= 15 is 0 Å². The van der Waals surface area contributed by atoms with E-state index in [2.05, 4.69) is 21.2 Å². The minimum atomic E-state index is -0.785. The highest BCUT2D eigenvalue weighted by Gasteiger charge is 2.19. The van der Waals surface area contributed by atoms with E-state index in [0.29, 0.717) is 0 Å². The summed E-state index contributed by atoms with van der Waals surface area (Å²) in [5, 5.41) is 12.1. The molecule has 0 saturated carbocycles. The van der Waals surface area contributed by atoms with Crippen LogP contribution in [0.4, 0.5) is 5.69 Å². The molecule has 0 aliphatic heterocycles. The van der Waals surface area contributed by atoms with Gasteiger partial charge in [-0.25, -0.2) is 0 Å². The predicted octanol–water partition coefficient (Wildman–Crippen LogP) is 3.28. The fourth-order valence-corrected chi connectivity index (χ4v) is 1.69. The Labute approximate surface area is 104 Å². The fourth-order valence-electron chi connectivity index (χ4n) is 1.33. The minimum Gasteiger partial charge on any atom is -0.481 e. The van der Waals surface area contributed by atoms with Crippen molar-refractivity contribution in [3.63, 3.8) is 0 Å². The number of aliphatic carboxylic acids is 1. The van der Waals surface area contributed by atoms with Crippen molar-refractivity contribution in [2.24, 2.45) is 5.92 Å². The average molecular weight is 286 g/mol. The Balaban J connectivity index is 2.80. The third kappa shape index (κ3) is 3.23. The van der Waals surface area contributed by atoms with E-state index < -0.39 is 11.9 Å². The van der Waals surface area contributed by atoms with Gasteiger partial charge in [0.1, 0.15) is 0 Å². The molecular weight excluding hydrogens is 270 g/mol. The van der Waals surface area contributed by atoms with E-state index in [1.54, 1.807) is 6.92 Å². The van der Waals surface area contributed by atoms with Crippen LogP contribution in [0.5, 0.6) is 0 Å². The Morgan fingerprint density at radius 1 is 1.44 bits per heavy atom. The van der Waals surface area contributed by atoms with Crippen LogP contribution in [-0.2, 0) is 4.79 Å². The van der Waals surface area contributed by atoms with Crippen LogP contribution in [0.1, 0.15) is 19.4 Å². The summed E-state index contributed by atoms with van der Waals surface area (Å²) in [5.74, 6) is -1.20. The lowest BCUT2D eigenvalue weighted by molar-refractivity contribution is -0.141. The van der Waals surface area contributed by atoms with E-state index in [1.165, 1.54) is 0 Å². The van der Waals surface area contributed by atoms with Crippen molar-refractivity contribution < 1.29 is 9.90 Å². The first-order valence-corrected chi connectivity index (χ1v) is 5.96. The summed E-state index contributed by atoms with van der Waals surface area (Å²) in [6.45, 7) is 5.57. The molecule has 0 aliphatic carbocycles. The number of anilines is 1. The quantitative estimate of drug-likeness (QED) is 0.893. The van der Waals surface area contributed by atoms with Crippen LogP contribution < -0.4 is 5.32 Å². The first-order valence-electron chi connectivity index (χ1n) is 5.17. The van der Waals surface area contributed by atoms with Crippen molar-refractivity contribution in [2.75, 3.05) is 5.32 Å². The summed E-state index contributed by atoms with van der Waals surface area (Å²) in [6, 6.07) is 5.81. The standard InChI is InChI=1S/C12H16BrNO2/c1-7-4-5-10(13)6-11(7)14-9(3)8(2)12(15)16/h4-6,8-9,14H,1-3H3,(H,15,16). The van der Waals surface area contributed by atoms with Crippen molar-refractivity contribution >= 4 is 27.6 Å². The maximum atomic E-state index is 10.8. The molecule has 1 aromatic rings. The minimum absolute atomic E-state index is 0.106. The monoisotopic (exact) mass is 285 g/mol. The van der Waals surface area contributed by atoms with E-state index in [9.17, 15) is 4.79 Å². The zero-order valence-corrected chi connectivity index (χ0v) is 11.2. The normalized spacial score (nSPS) is 14.2. The zero-order chi connectivity index (χ0) is 12.3. The second kappa shape index (κ2) is 5.34. The second-order valence-corrected chi connectivity index (χ2v) is 4.93. The van der Waals surface area contributed by atoms with Crippen LogP contribution in [0, 0.1) is 12.8 Å². The summed E-state index contributed by atoms with van der Waals surface area (Å²) >= 11 is 3.40. The molecule has 0 fully saturated rings. The topological polar surface area (TPSA) is 49.3 Å². The molecule has 0 radical (unpaired) electrons. The first kappa shape index (κ1) is 13.0. The number of hydrogen-bond acceptors (Lipinski definition) is 2. The molecule has 3 nitrogen and oxygen atoms in total. The third-order valence-electron chi connectivity index (χ3n) is 2.72. The van der Waals surface area contributed by atoms with Crippen molar-refractivity contribution in [1.82, 2.24) is 0 Å². The second-order valence-electron chi connectivity index (χ2n) is 4.02. The van der Waals surface area contributed by atoms with Gasteiger partial charge in [-0.05, 0) is 38.5 Å². The molecule has 0 heterocycles. The van der Waals surface area contributed by atoms with Crippen LogP contribution >= 0.6 is 15.9 Å². The van der Waals surface area contributed by atoms with Gasteiger partial charge < -0.3 is 10.4 Å². The molecule has 2 atom stereocenters. The highest BCUT2D eigenvalue weighted by Crippen LogP contribution is 2.22. The van der Waals surface area contributed by atoms with Gasteiger partial charge in [0.25, 0.3) is 0 Å². The lowest BCUT2D eigenvalue weighted by Crippen LogP contribution is -2.29. The number of benzene rings is 1. The molecule has 0 aromatic heterocycles. The lowest BCUT2D eigenvalue weighted by Gasteiger charge is -2.20. The van der Waals surface area contributed by atoms with Crippen LogP contribution in [0.3, 0.4) is 0 Å². The van der Waals surface area contributed by atoms with Crippen LogP contribution in [-0.4, -0.2) is 17.1 Å². The highest BCUT2D eigenvalue weighted by atomic mass is 79.9. The lowest BCUT2D eigenvalue weighted by atomic mass is 10.0. The fraction of sp³-hybridized carbons (Fsp3) is 0.417. The van der Waals surface area contributed by atoms with Gasteiger partial charge in [0.05, 0.1) is 5.92 Å². The Morgan fingerprint density at radius 3 is 2.62 bits per heavy atom. The average Bonchev–Trinajstić information content (AvgIpc) is 2.22. The number of aryl methyl sites for hydroxylation is 1. The van der Waals surface area contributed by atoms with Crippen molar-refractivity contribution in [2.45, 2.75) is 26.8 Å². The van der Waals surface area contributed by atoms with Crippen LogP contribution in [0.25, 0.3) is 0 Å². The molecule has 2 unspecified atom stereocenters. The molecule has 88 valence electrons. The Hall–Kier alpha value is -1.03. The van der Waals surface area contributed by atoms with Gasteiger partial charge in [-0.3, -0.25) is 4.79 Å². The number of halogens is 1. The molecule has 0 saturated heterocycles. The van der Waals surface area contributed by atoms with Crippen LogP contribution in [0.2, 0.25) is 0 Å². The number of nitrogens with one attached hydrogen (secondary N) is 1. The molecule has 0 amide bonds. The summed E-state index contributed by atoms with van der Waals surface area (Å²) in [5.41, 5.74) is 2.07. The molecule has 16 heavy (non-hydrogen) atoms. The van der Waals surface area contributed by atoms with Gasteiger partial charge in [-0.1, -0.05) is 22.0 Å². The van der Waals surface area contributed by atoms with Gasteiger partial charge in [0.15, 0.2) is 0 Å². The van der Waals surface area contributed by atoms with Gasteiger partial charge in [-0.2, -0.15) is 0 Å². The maximum Gasteiger partial charge on any atom is 0.308 e. The summed E-state index contributed by atoms with van der Waals surface area (Å²) in [6.07, 6.45) is 0. The molecule has 0 aliphatic rings. The largest absolute Gasteiger partial charge is 0.481 e. The maximum absolute atomic E-state index is 10.8. The molecule has 1 rings (SSSR count). The molecule has 2 N–H and O–H groups in total. The molecule has 1 aromatic carbocycles. The SMILES string of the molecule is Cc1ccc(Br)cc1NC(C)C(C)C(=O)O. The van der Waals surface area contributed by atoms with E-state index in [1.807, 2.05) is 32.0 Å². The summed E-state index contributed by atoms with van der Waals surface area (Å²) in [7, 11) is 0. The van der Waals surface area contributed by atoms with Gasteiger partial charge in [0.2, 0.25) is 0 Å². The number of carboxylic acids is 1. The van der Waals surface area contributed by atoms with Crippen LogP contribution in [0.15, 0.2) is 22.7 Å². The molecule has 0 spiro atoms. The van der Waals surface area contributed by atoms with Crippen molar-refractivity contribution in [1.29, 1.82) is 0 Å². The van der Waals surface area contributed by atoms with E-state index in [4.69, 9.17) is 5.11 Å². The molecule has 0 bridgehead atoms. The zero-order valence-electron chi connectivity index (χ0n) is 9.62. The number of carboxylic acid groups (broad SMARTS) is 1. The Bertz CT molecular complexity index is 393. The first-order chi connectivity index (χ1) is 7.41.